The number of nitrogens with zero attached hydrogens (tertiary/aromatic N) is 1. The lowest BCUT2D eigenvalue weighted by molar-refractivity contribution is -0.0276. The van der Waals surface area contributed by atoms with Crippen LogP contribution in [0.4, 0.5) is 0 Å². The number of rotatable bonds is 3. The molecule has 1 unspecified atom stereocenters. The lowest BCUT2D eigenvalue weighted by atomic mass is 9.85. The number of likely N-dealkylation sites (N-methyl/N-ethyl adjacent to an activating group) is 1. The highest BCUT2D eigenvalue weighted by Gasteiger charge is 2.36. The van der Waals surface area contributed by atoms with E-state index in [9.17, 15) is 5.11 Å². The topological polar surface area (TPSA) is 23.5 Å². The Hall–Kier alpha value is -0.0800. The van der Waals surface area contributed by atoms with Crippen molar-refractivity contribution < 1.29 is 5.11 Å². The molecule has 0 aromatic heterocycles. The maximum atomic E-state index is 10.1. The average molecular weight is 185 g/mol. The van der Waals surface area contributed by atoms with Crippen LogP contribution in [0.3, 0.4) is 0 Å². The zero-order valence-corrected chi connectivity index (χ0v) is 9.38. The van der Waals surface area contributed by atoms with Gasteiger partial charge in [0.1, 0.15) is 0 Å². The SMILES string of the molecule is CN(C)C(C1CCCC1)C(C)(C)O. The molecule has 1 N–H and O–H groups in total. The Morgan fingerprint density at radius 1 is 1.23 bits per heavy atom. The molecule has 1 aliphatic rings. The minimum absolute atomic E-state index is 0.315. The summed E-state index contributed by atoms with van der Waals surface area (Å²) in [5.41, 5.74) is -0.571. The van der Waals surface area contributed by atoms with Gasteiger partial charge >= 0.3 is 0 Å². The van der Waals surface area contributed by atoms with Crippen LogP contribution in [0.1, 0.15) is 39.5 Å². The molecule has 0 heterocycles. The fourth-order valence-corrected chi connectivity index (χ4v) is 2.90. The first-order valence-electron chi connectivity index (χ1n) is 5.31. The van der Waals surface area contributed by atoms with Crippen molar-refractivity contribution in [3.8, 4) is 0 Å². The minimum Gasteiger partial charge on any atom is -0.389 e. The summed E-state index contributed by atoms with van der Waals surface area (Å²) in [7, 11) is 4.14. The van der Waals surface area contributed by atoms with Crippen LogP contribution in [-0.4, -0.2) is 35.7 Å². The van der Waals surface area contributed by atoms with Gasteiger partial charge in [-0.05, 0) is 46.7 Å². The maximum Gasteiger partial charge on any atom is 0.0748 e. The molecule has 0 bridgehead atoms. The van der Waals surface area contributed by atoms with E-state index in [0.29, 0.717) is 12.0 Å². The van der Waals surface area contributed by atoms with E-state index >= 15 is 0 Å². The van der Waals surface area contributed by atoms with Gasteiger partial charge in [0, 0.05) is 6.04 Å². The second kappa shape index (κ2) is 3.97. The van der Waals surface area contributed by atoms with Crippen LogP contribution >= 0.6 is 0 Å². The van der Waals surface area contributed by atoms with Crippen LogP contribution < -0.4 is 0 Å². The second-order valence-electron chi connectivity index (χ2n) is 5.11. The van der Waals surface area contributed by atoms with Gasteiger partial charge in [0.05, 0.1) is 5.60 Å². The molecule has 78 valence electrons. The third-order valence-corrected chi connectivity index (χ3v) is 3.13. The predicted octanol–water partition coefficient (Wildman–Crippen LogP) is 1.88. The van der Waals surface area contributed by atoms with Crippen LogP contribution in [0.25, 0.3) is 0 Å². The van der Waals surface area contributed by atoms with Crippen LogP contribution in [-0.2, 0) is 0 Å². The third kappa shape index (κ3) is 2.68. The van der Waals surface area contributed by atoms with Gasteiger partial charge in [-0.2, -0.15) is 0 Å². The van der Waals surface area contributed by atoms with Crippen molar-refractivity contribution in [2.75, 3.05) is 14.1 Å². The molecular weight excluding hydrogens is 162 g/mol. The standard InChI is InChI=1S/C11H23NO/c1-11(2,13)10(12(3)4)9-7-5-6-8-9/h9-10,13H,5-8H2,1-4H3. The largest absolute Gasteiger partial charge is 0.389 e. The molecule has 13 heavy (non-hydrogen) atoms. The molecule has 0 radical (unpaired) electrons. The van der Waals surface area contributed by atoms with Gasteiger partial charge < -0.3 is 10.0 Å². The Labute approximate surface area is 81.9 Å². The van der Waals surface area contributed by atoms with E-state index in [2.05, 4.69) is 19.0 Å². The Kier molecular flexibility index (Phi) is 3.36. The van der Waals surface area contributed by atoms with E-state index in [1.54, 1.807) is 0 Å². The molecular formula is C11H23NO. The summed E-state index contributed by atoms with van der Waals surface area (Å²) in [5.74, 6) is 0.690. The van der Waals surface area contributed by atoms with Gasteiger partial charge in [0.2, 0.25) is 0 Å². The van der Waals surface area contributed by atoms with Crippen LogP contribution in [0.15, 0.2) is 0 Å². The Morgan fingerprint density at radius 3 is 2.00 bits per heavy atom. The fraction of sp³-hybridized carbons (Fsp3) is 1.00. The minimum atomic E-state index is -0.571. The zero-order valence-electron chi connectivity index (χ0n) is 9.38. The summed E-state index contributed by atoms with van der Waals surface area (Å²) in [6.07, 6.45) is 5.25. The van der Waals surface area contributed by atoms with E-state index in [-0.39, 0.29) is 0 Å². The number of hydrogen-bond donors (Lipinski definition) is 1. The molecule has 1 saturated carbocycles. The van der Waals surface area contributed by atoms with Crippen molar-refractivity contribution in [1.29, 1.82) is 0 Å². The summed E-state index contributed by atoms with van der Waals surface area (Å²) in [5, 5.41) is 10.1. The van der Waals surface area contributed by atoms with Crippen molar-refractivity contribution in [3.63, 3.8) is 0 Å². The van der Waals surface area contributed by atoms with Crippen LogP contribution in [0.5, 0.6) is 0 Å². The highest BCUT2D eigenvalue weighted by molar-refractivity contribution is 4.91. The van der Waals surface area contributed by atoms with Gasteiger partial charge in [-0.1, -0.05) is 12.8 Å². The second-order valence-corrected chi connectivity index (χ2v) is 5.11. The van der Waals surface area contributed by atoms with Gasteiger partial charge in [0.25, 0.3) is 0 Å². The molecule has 2 heteroatoms. The summed E-state index contributed by atoms with van der Waals surface area (Å²) < 4.78 is 0. The summed E-state index contributed by atoms with van der Waals surface area (Å²) in [6.45, 7) is 3.85. The Balaban J connectivity index is 2.67. The summed E-state index contributed by atoms with van der Waals surface area (Å²) in [4.78, 5) is 2.18. The molecule has 0 aliphatic heterocycles. The van der Waals surface area contributed by atoms with E-state index < -0.39 is 5.60 Å². The third-order valence-electron chi connectivity index (χ3n) is 3.13. The van der Waals surface area contributed by atoms with Gasteiger partial charge in [-0.15, -0.1) is 0 Å². The highest BCUT2D eigenvalue weighted by atomic mass is 16.3. The van der Waals surface area contributed by atoms with Crippen LogP contribution in [0.2, 0.25) is 0 Å². The quantitative estimate of drug-likeness (QED) is 0.725. The average Bonchev–Trinajstić information content (AvgIpc) is 2.34. The van der Waals surface area contributed by atoms with E-state index in [1.165, 1.54) is 25.7 Å². The van der Waals surface area contributed by atoms with Gasteiger partial charge in [-0.3, -0.25) is 0 Å². The lowest BCUT2D eigenvalue weighted by Gasteiger charge is -2.39. The van der Waals surface area contributed by atoms with Crippen molar-refractivity contribution in [2.45, 2.75) is 51.2 Å². The van der Waals surface area contributed by atoms with Gasteiger partial charge in [-0.25, -0.2) is 0 Å². The summed E-state index contributed by atoms with van der Waals surface area (Å²) in [6, 6.07) is 0.315. The summed E-state index contributed by atoms with van der Waals surface area (Å²) >= 11 is 0. The first-order valence-corrected chi connectivity index (χ1v) is 5.31. The molecule has 1 rings (SSSR count). The first kappa shape index (κ1) is 11.0. The predicted molar refractivity (Wildman–Crippen MR) is 55.7 cm³/mol. The molecule has 2 nitrogen and oxygen atoms in total. The van der Waals surface area contributed by atoms with E-state index in [4.69, 9.17) is 0 Å². The number of aliphatic hydroxyl groups is 1. The van der Waals surface area contributed by atoms with Crippen molar-refractivity contribution in [2.24, 2.45) is 5.92 Å². The van der Waals surface area contributed by atoms with Crippen LogP contribution in [0, 0.1) is 5.92 Å². The molecule has 0 saturated heterocycles. The van der Waals surface area contributed by atoms with Crippen molar-refractivity contribution >= 4 is 0 Å². The molecule has 0 aromatic carbocycles. The molecule has 0 aromatic rings. The molecule has 0 spiro atoms. The monoisotopic (exact) mass is 185 g/mol. The zero-order chi connectivity index (χ0) is 10.1. The smallest absolute Gasteiger partial charge is 0.0748 e. The lowest BCUT2D eigenvalue weighted by Crippen LogP contribution is -2.50. The Bertz CT molecular complexity index is 154. The molecule has 1 aliphatic carbocycles. The highest BCUT2D eigenvalue weighted by Crippen LogP contribution is 2.34. The normalized spacial score (nSPS) is 22.6. The van der Waals surface area contributed by atoms with E-state index in [1.807, 2.05) is 13.8 Å². The van der Waals surface area contributed by atoms with E-state index in [0.717, 1.165) is 0 Å². The van der Waals surface area contributed by atoms with Crippen molar-refractivity contribution in [3.05, 3.63) is 0 Å². The van der Waals surface area contributed by atoms with Gasteiger partial charge in [0.15, 0.2) is 0 Å². The first-order chi connectivity index (χ1) is 5.93. The van der Waals surface area contributed by atoms with Crippen molar-refractivity contribution in [1.82, 2.24) is 4.90 Å². The number of hydrogen-bond acceptors (Lipinski definition) is 2. The Morgan fingerprint density at radius 2 is 1.69 bits per heavy atom. The molecule has 1 atom stereocenters. The molecule has 0 amide bonds. The fourth-order valence-electron chi connectivity index (χ4n) is 2.90. The molecule has 1 fully saturated rings. The maximum absolute atomic E-state index is 10.1.